The van der Waals surface area contributed by atoms with E-state index in [-0.39, 0.29) is 24.2 Å². The predicted octanol–water partition coefficient (Wildman–Crippen LogP) is 1.03. The average Bonchev–Trinajstić information content (AvgIpc) is 2.63. The van der Waals surface area contributed by atoms with Gasteiger partial charge in [-0.1, -0.05) is 20.8 Å². The van der Waals surface area contributed by atoms with Crippen molar-refractivity contribution in [3.05, 3.63) is 0 Å². The second kappa shape index (κ2) is 4.71. The molecule has 1 aliphatic carbocycles. The van der Waals surface area contributed by atoms with E-state index in [4.69, 9.17) is 0 Å². The number of amides is 1. The van der Waals surface area contributed by atoms with E-state index in [1.54, 1.807) is 0 Å². The molecule has 15 heavy (non-hydrogen) atoms. The molecule has 88 valence electrons. The van der Waals surface area contributed by atoms with Crippen LogP contribution in [0.15, 0.2) is 0 Å². The Morgan fingerprint density at radius 3 is 2.27 bits per heavy atom. The Balaban J connectivity index is 0.00000112. The number of hydrogen-bond donors (Lipinski definition) is 2. The third-order valence-electron chi connectivity index (χ3n) is 3.81. The van der Waals surface area contributed by atoms with Crippen LogP contribution >= 0.6 is 12.4 Å². The molecule has 2 rings (SSSR count). The molecule has 4 heteroatoms. The minimum atomic E-state index is 0. The fraction of sp³-hybridized carbons (Fsp3) is 0.909. The van der Waals surface area contributed by atoms with Gasteiger partial charge >= 0.3 is 0 Å². The third-order valence-corrected chi connectivity index (χ3v) is 3.81. The molecule has 0 aromatic heterocycles. The molecule has 2 unspecified atom stereocenters. The summed E-state index contributed by atoms with van der Waals surface area (Å²) < 4.78 is 0. The van der Waals surface area contributed by atoms with Crippen LogP contribution in [0, 0.1) is 23.7 Å². The lowest BCUT2D eigenvalue weighted by atomic mass is 9.97. The summed E-state index contributed by atoms with van der Waals surface area (Å²) in [6, 6.07) is 0.477. The third kappa shape index (κ3) is 2.45. The number of rotatable bonds is 3. The zero-order valence-electron chi connectivity index (χ0n) is 9.62. The Labute approximate surface area is 97.8 Å². The van der Waals surface area contributed by atoms with Crippen LogP contribution in [0.1, 0.15) is 20.8 Å². The summed E-state index contributed by atoms with van der Waals surface area (Å²) in [6.07, 6.45) is 0. The van der Waals surface area contributed by atoms with Gasteiger partial charge in [-0.3, -0.25) is 4.79 Å². The van der Waals surface area contributed by atoms with Gasteiger partial charge in [-0.25, -0.2) is 0 Å². The molecular weight excluding hydrogens is 212 g/mol. The number of fused-ring (bicyclic) bond motifs is 1. The van der Waals surface area contributed by atoms with Crippen molar-refractivity contribution < 1.29 is 4.79 Å². The van der Waals surface area contributed by atoms with E-state index < -0.39 is 0 Å². The van der Waals surface area contributed by atoms with E-state index in [0.29, 0.717) is 12.0 Å². The SMILES string of the molecule is CC(C)C(C)C(=O)NC1[C@H]2CNC[C@@H]12.Cl. The molecule has 2 N–H and O–H groups in total. The number of carbonyl (C=O) groups excluding carboxylic acids is 1. The van der Waals surface area contributed by atoms with Gasteiger partial charge in [0.1, 0.15) is 0 Å². The van der Waals surface area contributed by atoms with Gasteiger partial charge in [0.25, 0.3) is 0 Å². The molecule has 1 heterocycles. The molecule has 2 fully saturated rings. The topological polar surface area (TPSA) is 41.1 Å². The number of carbonyl (C=O) groups is 1. The maximum atomic E-state index is 11.7. The molecule has 0 radical (unpaired) electrons. The van der Waals surface area contributed by atoms with Crippen LogP contribution in [0.25, 0.3) is 0 Å². The molecular formula is C11H21ClN2O. The predicted molar refractivity (Wildman–Crippen MR) is 63.0 cm³/mol. The molecule has 0 aromatic carbocycles. The molecule has 4 atom stereocenters. The lowest BCUT2D eigenvalue weighted by Gasteiger charge is -2.16. The Bertz CT molecular complexity index is 235. The summed E-state index contributed by atoms with van der Waals surface area (Å²) >= 11 is 0. The Morgan fingerprint density at radius 1 is 1.27 bits per heavy atom. The second-order valence-electron chi connectivity index (χ2n) is 5.05. The van der Waals surface area contributed by atoms with E-state index in [9.17, 15) is 4.79 Å². The lowest BCUT2D eigenvalue weighted by Crippen LogP contribution is -2.37. The number of nitrogens with one attached hydrogen (secondary N) is 2. The number of hydrogen-bond acceptors (Lipinski definition) is 2. The first-order valence-corrected chi connectivity index (χ1v) is 5.62. The molecule has 1 aliphatic heterocycles. The van der Waals surface area contributed by atoms with Crippen molar-refractivity contribution in [2.45, 2.75) is 26.8 Å². The van der Waals surface area contributed by atoms with Crippen molar-refractivity contribution in [3.8, 4) is 0 Å². The summed E-state index contributed by atoms with van der Waals surface area (Å²) in [4.78, 5) is 11.7. The fourth-order valence-electron chi connectivity index (χ4n) is 2.23. The van der Waals surface area contributed by atoms with Crippen LogP contribution in [-0.2, 0) is 4.79 Å². The highest BCUT2D eigenvalue weighted by molar-refractivity contribution is 5.85. The van der Waals surface area contributed by atoms with E-state index in [1.165, 1.54) is 0 Å². The second-order valence-corrected chi connectivity index (χ2v) is 5.05. The van der Waals surface area contributed by atoms with E-state index in [0.717, 1.165) is 24.9 Å². The average molecular weight is 233 g/mol. The smallest absolute Gasteiger partial charge is 0.223 e. The largest absolute Gasteiger partial charge is 0.352 e. The Kier molecular flexibility index (Phi) is 4.01. The number of piperidine rings is 1. The standard InChI is InChI=1S/C11H20N2O.ClH/c1-6(2)7(3)11(14)13-10-8-4-12-5-9(8)10;/h6-10,12H,4-5H2,1-3H3,(H,13,14);1H/t7?,8-,9+,10?;. The van der Waals surface area contributed by atoms with Crippen LogP contribution in [0.5, 0.6) is 0 Å². The lowest BCUT2D eigenvalue weighted by molar-refractivity contribution is -0.126. The van der Waals surface area contributed by atoms with Crippen molar-refractivity contribution in [1.29, 1.82) is 0 Å². The highest BCUT2D eigenvalue weighted by Crippen LogP contribution is 2.41. The van der Waals surface area contributed by atoms with Gasteiger partial charge in [-0.2, -0.15) is 0 Å². The Morgan fingerprint density at radius 2 is 1.80 bits per heavy atom. The van der Waals surface area contributed by atoms with Crippen LogP contribution in [0.2, 0.25) is 0 Å². The summed E-state index contributed by atoms with van der Waals surface area (Å²) in [6.45, 7) is 8.38. The fourth-order valence-corrected chi connectivity index (χ4v) is 2.23. The summed E-state index contributed by atoms with van der Waals surface area (Å²) in [7, 11) is 0. The van der Waals surface area contributed by atoms with Gasteiger partial charge in [0.15, 0.2) is 0 Å². The first kappa shape index (κ1) is 12.8. The van der Waals surface area contributed by atoms with Crippen molar-refractivity contribution in [3.63, 3.8) is 0 Å². The van der Waals surface area contributed by atoms with Crippen molar-refractivity contribution in [2.75, 3.05) is 13.1 Å². The van der Waals surface area contributed by atoms with Gasteiger partial charge < -0.3 is 10.6 Å². The molecule has 3 nitrogen and oxygen atoms in total. The van der Waals surface area contributed by atoms with Crippen molar-refractivity contribution in [2.24, 2.45) is 23.7 Å². The first-order valence-electron chi connectivity index (χ1n) is 5.62. The first-order chi connectivity index (χ1) is 6.61. The maximum absolute atomic E-state index is 11.7. The van der Waals surface area contributed by atoms with Crippen LogP contribution in [0.3, 0.4) is 0 Å². The van der Waals surface area contributed by atoms with Gasteiger partial charge in [-0.15, -0.1) is 12.4 Å². The van der Waals surface area contributed by atoms with Crippen LogP contribution in [-0.4, -0.2) is 25.0 Å². The molecule has 0 spiro atoms. The van der Waals surface area contributed by atoms with Gasteiger partial charge in [0.2, 0.25) is 5.91 Å². The highest BCUT2D eigenvalue weighted by atomic mass is 35.5. The van der Waals surface area contributed by atoms with E-state index >= 15 is 0 Å². The normalized spacial score (nSPS) is 34.3. The molecule has 1 amide bonds. The van der Waals surface area contributed by atoms with E-state index in [1.807, 2.05) is 6.92 Å². The Hall–Kier alpha value is -0.280. The molecule has 0 aromatic rings. The zero-order chi connectivity index (χ0) is 10.3. The monoisotopic (exact) mass is 232 g/mol. The van der Waals surface area contributed by atoms with Crippen molar-refractivity contribution in [1.82, 2.24) is 10.6 Å². The van der Waals surface area contributed by atoms with Gasteiger partial charge in [0, 0.05) is 25.0 Å². The summed E-state index contributed by atoms with van der Waals surface area (Å²) in [5, 5.41) is 6.48. The molecule has 1 saturated carbocycles. The van der Waals surface area contributed by atoms with Crippen molar-refractivity contribution >= 4 is 18.3 Å². The molecule has 1 saturated heterocycles. The van der Waals surface area contributed by atoms with Crippen LogP contribution < -0.4 is 10.6 Å². The maximum Gasteiger partial charge on any atom is 0.223 e. The minimum Gasteiger partial charge on any atom is -0.352 e. The quantitative estimate of drug-likeness (QED) is 0.764. The van der Waals surface area contributed by atoms with Gasteiger partial charge in [-0.05, 0) is 17.8 Å². The van der Waals surface area contributed by atoms with E-state index in [2.05, 4.69) is 24.5 Å². The minimum absolute atomic E-state index is 0. The molecule has 0 bridgehead atoms. The summed E-state index contributed by atoms with van der Waals surface area (Å²) in [5.74, 6) is 2.26. The summed E-state index contributed by atoms with van der Waals surface area (Å²) in [5.41, 5.74) is 0. The zero-order valence-corrected chi connectivity index (χ0v) is 10.4. The van der Waals surface area contributed by atoms with Crippen LogP contribution in [0.4, 0.5) is 0 Å². The van der Waals surface area contributed by atoms with Gasteiger partial charge in [0.05, 0.1) is 0 Å². The highest BCUT2D eigenvalue weighted by Gasteiger charge is 2.53. The molecule has 2 aliphatic rings. The number of halogens is 1.